The molecule has 2 aromatic carbocycles. The second kappa shape index (κ2) is 7.82. The highest BCUT2D eigenvalue weighted by atomic mass is 16.3. The van der Waals surface area contributed by atoms with Crippen molar-refractivity contribution in [1.29, 1.82) is 5.26 Å². The standard InChI is InChI=1S/C24H23N5O2/c25-14-16-1-3-21-20(11-16)17(15-27-21)5-6-28-7-9-29(10-8-28)19-2-4-22-18(12-19)13-23(31-22)24(26)30/h1-4,11-13,15,27H,5-10H2,(H2,26,30). The molecule has 1 saturated heterocycles. The molecule has 0 bridgehead atoms. The zero-order chi connectivity index (χ0) is 21.4. The highest BCUT2D eigenvalue weighted by Gasteiger charge is 2.19. The van der Waals surface area contributed by atoms with Crippen molar-refractivity contribution in [3.63, 3.8) is 0 Å². The number of hydrogen-bond acceptors (Lipinski definition) is 5. The Bertz CT molecular complexity index is 1300. The van der Waals surface area contributed by atoms with Crippen molar-refractivity contribution in [2.75, 3.05) is 37.6 Å². The number of anilines is 1. The van der Waals surface area contributed by atoms with Gasteiger partial charge in [0.2, 0.25) is 0 Å². The average Bonchev–Trinajstić information content (AvgIpc) is 3.41. The van der Waals surface area contributed by atoms with E-state index in [2.05, 4.69) is 33.1 Å². The number of amides is 1. The average molecular weight is 413 g/mol. The van der Waals surface area contributed by atoms with Gasteiger partial charge >= 0.3 is 0 Å². The number of nitrogens with two attached hydrogens (primary N) is 1. The fourth-order valence-corrected chi connectivity index (χ4v) is 4.31. The van der Waals surface area contributed by atoms with Gasteiger partial charge in [-0.2, -0.15) is 5.26 Å². The van der Waals surface area contributed by atoms with Crippen LogP contribution in [0.15, 0.2) is 53.1 Å². The lowest BCUT2D eigenvalue weighted by molar-refractivity contribution is 0.0976. The van der Waals surface area contributed by atoms with Crippen molar-refractivity contribution in [3.05, 3.63) is 65.5 Å². The number of nitrogens with one attached hydrogen (secondary N) is 1. The summed E-state index contributed by atoms with van der Waals surface area (Å²) in [5.41, 5.74) is 10.1. The minimum Gasteiger partial charge on any atom is -0.451 e. The molecule has 5 rings (SSSR count). The predicted octanol–water partition coefficient (Wildman–Crippen LogP) is 3.25. The summed E-state index contributed by atoms with van der Waals surface area (Å²) < 4.78 is 5.48. The number of primary amides is 1. The van der Waals surface area contributed by atoms with Crippen LogP contribution in [0.2, 0.25) is 0 Å². The number of carbonyl (C=O) groups excluding carboxylic acids is 1. The molecule has 2 aromatic heterocycles. The quantitative estimate of drug-likeness (QED) is 0.523. The smallest absolute Gasteiger partial charge is 0.284 e. The Kier molecular flexibility index (Phi) is 4.85. The lowest BCUT2D eigenvalue weighted by Gasteiger charge is -2.36. The molecule has 3 N–H and O–H groups in total. The molecule has 3 heterocycles. The third-order valence-electron chi connectivity index (χ3n) is 6.07. The molecule has 7 nitrogen and oxygen atoms in total. The molecule has 7 heteroatoms. The van der Waals surface area contributed by atoms with Crippen LogP contribution in [0.5, 0.6) is 0 Å². The number of nitrogens with zero attached hydrogens (tertiary/aromatic N) is 3. The Balaban J connectivity index is 1.21. The highest BCUT2D eigenvalue weighted by Crippen LogP contribution is 2.26. The van der Waals surface area contributed by atoms with Crippen LogP contribution in [-0.4, -0.2) is 48.5 Å². The van der Waals surface area contributed by atoms with Crippen molar-refractivity contribution in [3.8, 4) is 6.07 Å². The van der Waals surface area contributed by atoms with E-state index in [1.807, 2.05) is 30.3 Å². The van der Waals surface area contributed by atoms with Crippen molar-refractivity contribution in [2.45, 2.75) is 6.42 Å². The molecule has 156 valence electrons. The summed E-state index contributed by atoms with van der Waals surface area (Å²) in [5.74, 6) is -0.360. The number of carbonyl (C=O) groups is 1. The van der Waals surface area contributed by atoms with E-state index in [4.69, 9.17) is 15.4 Å². The number of hydrogen-bond donors (Lipinski definition) is 2. The second-order valence-corrected chi connectivity index (χ2v) is 7.96. The fourth-order valence-electron chi connectivity index (χ4n) is 4.31. The minimum absolute atomic E-state index is 0.191. The number of aromatic amines is 1. The van der Waals surface area contributed by atoms with Crippen LogP contribution < -0.4 is 10.6 Å². The van der Waals surface area contributed by atoms with E-state index in [1.54, 1.807) is 6.07 Å². The topological polar surface area (TPSA) is 102 Å². The van der Waals surface area contributed by atoms with Gasteiger partial charge in [0, 0.05) is 60.9 Å². The maximum Gasteiger partial charge on any atom is 0.284 e. The summed E-state index contributed by atoms with van der Waals surface area (Å²) in [4.78, 5) is 19.5. The Hall–Kier alpha value is -3.76. The fraction of sp³-hybridized carbons (Fsp3) is 0.250. The van der Waals surface area contributed by atoms with E-state index in [0.29, 0.717) is 11.1 Å². The van der Waals surface area contributed by atoms with Crippen LogP contribution in [0.1, 0.15) is 21.7 Å². The molecule has 31 heavy (non-hydrogen) atoms. The van der Waals surface area contributed by atoms with E-state index in [-0.39, 0.29) is 5.76 Å². The van der Waals surface area contributed by atoms with Crippen molar-refractivity contribution in [2.24, 2.45) is 5.73 Å². The summed E-state index contributed by atoms with van der Waals surface area (Å²) in [6.45, 7) is 4.85. The van der Waals surface area contributed by atoms with Gasteiger partial charge in [0.25, 0.3) is 5.91 Å². The summed E-state index contributed by atoms with van der Waals surface area (Å²) in [6.07, 6.45) is 3.01. The van der Waals surface area contributed by atoms with E-state index in [0.717, 1.165) is 61.1 Å². The Morgan fingerprint density at radius 3 is 2.74 bits per heavy atom. The van der Waals surface area contributed by atoms with Gasteiger partial charge < -0.3 is 20.0 Å². The molecule has 0 radical (unpaired) electrons. The van der Waals surface area contributed by atoms with Crippen LogP contribution in [0.25, 0.3) is 21.9 Å². The molecule has 1 aliphatic rings. The largest absolute Gasteiger partial charge is 0.451 e. The predicted molar refractivity (Wildman–Crippen MR) is 120 cm³/mol. The number of furan rings is 1. The summed E-state index contributed by atoms with van der Waals surface area (Å²) in [7, 11) is 0. The molecule has 0 atom stereocenters. The zero-order valence-corrected chi connectivity index (χ0v) is 17.1. The van der Waals surface area contributed by atoms with Crippen molar-refractivity contribution in [1.82, 2.24) is 9.88 Å². The van der Waals surface area contributed by atoms with Crippen molar-refractivity contribution < 1.29 is 9.21 Å². The molecule has 0 spiro atoms. The molecule has 0 aliphatic carbocycles. The van der Waals surface area contributed by atoms with Crippen molar-refractivity contribution >= 4 is 33.5 Å². The van der Waals surface area contributed by atoms with E-state index in [1.165, 1.54) is 5.56 Å². The van der Waals surface area contributed by atoms with Crippen LogP contribution in [0, 0.1) is 11.3 Å². The van der Waals surface area contributed by atoms with Crippen LogP contribution in [0.3, 0.4) is 0 Å². The van der Waals surface area contributed by atoms with Gasteiger partial charge in [0.05, 0.1) is 11.6 Å². The third-order valence-corrected chi connectivity index (χ3v) is 6.07. The first-order valence-electron chi connectivity index (χ1n) is 10.4. The van der Waals surface area contributed by atoms with E-state index >= 15 is 0 Å². The Morgan fingerprint density at radius 1 is 1.13 bits per heavy atom. The number of benzene rings is 2. The molecule has 0 saturated carbocycles. The first kappa shape index (κ1) is 19.2. The lowest BCUT2D eigenvalue weighted by Crippen LogP contribution is -2.46. The summed E-state index contributed by atoms with van der Waals surface area (Å²) in [5, 5.41) is 11.2. The van der Waals surface area contributed by atoms with Gasteiger partial charge in [-0.15, -0.1) is 0 Å². The van der Waals surface area contributed by atoms with Gasteiger partial charge in [0.1, 0.15) is 5.58 Å². The van der Waals surface area contributed by atoms with Gasteiger partial charge in [-0.1, -0.05) is 0 Å². The zero-order valence-electron chi connectivity index (χ0n) is 17.1. The molecule has 1 aliphatic heterocycles. The Morgan fingerprint density at radius 2 is 1.97 bits per heavy atom. The monoisotopic (exact) mass is 413 g/mol. The number of nitriles is 1. The summed E-state index contributed by atoms with van der Waals surface area (Å²) >= 11 is 0. The van der Waals surface area contributed by atoms with Gasteiger partial charge in [0.15, 0.2) is 5.76 Å². The van der Waals surface area contributed by atoms with Gasteiger partial charge in [-0.25, -0.2) is 0 Å². The molecule has 0 unspecified atom stereocenters. The van der Waals surface area contributed by atoms with Crippen LogP contribution in [-0.2, 0) is 6.42 Å². The number of rotatable bonds is 5. The van der Waals surface area contributed by atoms with Crippen LogP contribution >= 0.6 is 0 Å². The molecule has 4 aromatic rings. The van der Waals surface area contributed by atoms with Gasteiger partial charge in [-0.3, -0.25) is 9.69 Å². The minimum atomic E-state index is -0.551. The van der Waals surface area contributed by atoms with Crippen LogP contribution in [0.4, 0.5) is 5.69 Å². The lowest BCUT2D eigenvalue weighted by atomic mass is 10.1. The highest BCUT2D eigenvalue weighted by molar-refractivity contribution is 5.95. The molecule has 1 fully saturated rings. The summed E-state index contributed by atoms with van der Waals surface area (Å²) in [6, 6.07) is 15.7. The SMILES string of the molecule is N#Cc1ccc2[nH]cc(CCN3CCN(c4ccc5oc(C(N)=O)cc5c4)CC3)c2c1. The number of piperazine rings is 1. The molecule has 1 amide bonds. The van der Waals surface area contributed by atoms with E-state index < -0.39 is 5.91 Å². The first-order chi connectivity index (χ1) is 15.1. The number of fused-ring (bicyclic) bond motifs is 2. The maximum absolute atomic E-state index is 11.3. The third kappa shape index (κ3) is 3.74. The number of H-pyrrole nitrogens is 1. The molecular formula is C24H23N5O2. The second-order valence-electron chi connectivity index (χ2n) is 7.96. The normalized spacial score (nSPS) is 14.9. The van der Waals surface area contributed by atoms with E-state index in [9.17, 15) is 4.79 Å². The maximum atomic E-state index is 11.3. The molecular weight excluding hydrogens is 390 g/mol. The Labute approximate surface area is 179 Å². The van der Waals surface area contributed by atoms with Gasteiger partial charge in [-0.05, 0) is 54.4 Å². The first-order valence-corrected chi connectivity index (χ1v) is 10.4. The number of aromatic nitrogens is 1.